The van der Waals surface area contributed by atoms with Crippen LogP contribution in [-0.4, -0.2) is 178 Å². The van der Waals surface area contributed by atoms with E-state index < -0.39 is 72.1 Å². The van der Waals surface area contributed by atoms with E-state index in [0.29, 0.717) is 86.0 Å². The normalized spacial score (nSPS) is 12.7. The Morgan fingerprint density at radius 2 is 0.377 bits per heavy atom. The van der Waals surface area contributed by atoms with E-state index in [1.807, 2.05) is 20.8 Å². The van der Waals surface area contributed by atoms with Crippen molar-refractivity contribution in [2.45, 2.75) is 134 Å². The van der Waals surface area contributed by atoms with Crippen molar-refractivity contribution in [1.29, 1.82) is 0 Å². The molecule has 0 bridgehead atoms. The first-order chi connectivity index (χ1) is 54.6. The number of rotatable bonds is 42. The molecule has 3 heterocycles. The van der Waals surface area contributed by atoms with Gasteiger partial charge in [0.05, 0.1) is 0 Å². The molecule has 0 aliphatic rings. The lowest BCUT2D eigenvalue weighted by Gasteiger charge is -2.27. The number of aromatic nitrogens is 9. The smallest absolute Gasteiger partial charge is 0.326 e. The average Bonchev–Trinajstić information content (AvgIpc) is 0.765. The highest BCUT2D eigenvalue weighted by atomic mass is 16.4. The van der Waals surface area contributed by atoms with Crippen molar-refractivity contribution in [3.8, 4) is 34.5 Å². The number of carbonyl (C=O) groups is 6. The van der Waals surface area contributed by atoms with Crippen molar-refractivity contribution in [2.24, 2.45) is 0 Å². The lowest BCUT2D eigenvalue weighted by Crippen LogP contribution is -2.34. The van der Waals surface area contributed by atoms with Crippen LogP contribution in [-0.2, 0) is 106 Å². The van der Waals surface area contributed by atoms with Gasteiger partial charge >= 0.3 is 35.8 Å². The van der Waals surface area contributed by atoms with Crippen molar-refractivity contribution >= 4 is 89.4 Å². The molecule has 0 saturated carbocycles. The Hall–Kier alpha value is -14.6. The highest BCUT2D eigenvalue weighted by Crippen LogP contribution is 2.34. The van der Waals surface area contributed by atoms with Gasteiger partial charge in [0.15, 0.2) is 0 Å². The fraction of sp³-hybridized carbons (Fsp3) is 0.269. The maximum atomic E-state index is 13.0. The second-order valence-electron chi connectivity index (χ2n) is 26.3. The zero-order valence-electron chi connectivity index (χ0n) is 61.6. The predicted molar refractivity (Wildman–Crippen MR) is 417 cm³/mol. The molecule has 0 aliphatic heterocycles. The number of carboxylic acids is 6. The van der Waals surface area contributed by atoms with Crippen LogP contribution in [0.4, 0.5) is 53.5 Å². The van der Waals surface area contributed by atoms with Crippen LogP contribution in [0.2, 0.25) is 0 Å². The summed E-state index contributed by atoms with van der Waals surface area (Å²) >= 11 is 0. The second kappa shape index (κ2) is 38.2. The molecule has 0 amide bonds. The van der Waals surface area contributed by atoms with Gasteiger partial charge in [-0.25, -0.2) is 28.8 Å². The SMILES string of the molecule is CCc1c(CNc2nc(N[C@@H](Cc3ccc(O)cc3)C(=O)O)nc(N[C@@H](Cc3ccc(O)cc3)C(=O)O)n2)c(CC)c(CNc2nc(N[C@@H](Cc3ccc(O)cc3)C(=O)O)nc(N[C@@H](Cc3ccc(O)cc3)C(=O)O)n2)c(CC)c1CNc1nc(N[C@@H](Cc2ccc(O)cc2)C(=O)O)nc(N[C@@H](Cc2ccc(O)cc2)C(=O)O)n1. The molecule has 594 valence electrons. The largest absolute Gasteiger partial charge is 0.508 e. The van der Waals surface area contributed by atoms with Crippen molar-refractivity contribution in [1.82, 2.24) is 44.9 Å². The van der Waals surface area contributed by atoms with Crippen LogP contribution in [0.1, 0.15) is 87.5 Å². The summed E-state index contributed by atoms with van der Waals surface area (Å²) in [5, 5.41) is 151. The predicted octanol–water partition coefficient (Wildman–Crippen LogP) is 7.65. The molecule has 0 radical (unpaired) electrons. The lowest BCUT2D eigenvalue weighted by molar-refractivity contribution is -0.138. The van der Waals surface area contributed by atoms with Crippen molar-refractivity contribution in [3.63, 3.8) is 0 Å². The topological polar surface area (TPSA) is 569 Å². The molecule has 6 atom stereocenters. The Morgan fingerprint density at radius 1 is 0.237 bits per heavy atom. The first-order valence-corrected chi connectivity index (χ1v) is 35.9. The number of benzene rings is 7. The summed E-state index contributed by atoms with van der Waals surface area (Å²) < 4.78 is 0. The number of nitrogens with one attached hydrogen (secondary N) is 9. The molecular formula is C78H84N18O18. The van der Waals surface area contributed by atoms with E-state index in [4.69, 9.17) is 0 Å². The third-order valence-electron chi connectivity index (χ3n) is 18.3. The van der Waals surface area contributed by atoms with Gasteiger partial charge in [-0.15, -0.1) is 0 Å². The second-order valence-corrected chi connectivity index (χ2v) is 26.3. The van der Waals surface area contributed by atoms with Crippen molar-refractivity contribution in [2.75, 3.05) is 47.9 Å². The Balaban J connectivity index is 1.10. The average molecular weight is 1560 g/mol. The van der Waals surface area contributed by atoms with Crippen LogP contribution >= 0.6 is 0 Å². The molecule has 0 unspecified atom stereocenters. The van der Waals surface area contributed by atoms with Crippen LogP contribution in [0, 0.1) is 0 Å². The number of carboxylic acid groups (broad SMARTS) is 6. The van der Waals surface area contributed by atoms with E-state index in [0.717, 1.165) is 0 Å². The summed E-state index contributed by atoms with van der Waals surface area (Å²) in [6.45, 7) is 5.26. The molecule has 36 nitrogen and oxygen atoms in total. The maximum absolute atomic E-state index is 13.0. The number of hydrogen-bond donors (Lipinski definition) is 21. The zero-order chi connectivity index (χ0) is 81.7. The van der Waals surface area contributed by atoms with Gasteiger partial charge < -0.3 is 109 Å². The highest BCUT2D eigenvalue weighted by molar-refractivity contribution is 5.81. The van der Waals surface area contributed by atoms with Gasteiger partial charge in [0.25, 0.3) is 0 Å². The summed E-state index contributed by atoms with van der Waals surface area (Å²) in [4.78, 5) is 119. The zero-order valence-corrected chi connectivity index (χ0v) is 61.6. The summed E-state index contributed by atoms with van der Waals surface area (Å²) in [5.74, 6) is -10.8. The van der Waals surface area contributed by atoms with Crippen LogP contribution in [0.5, 0.6) is 34.5 Å². The van der Waals surface area contributed by atoms with Gasteiger partial charge in [-0.2, -0.15) is 44.9 Å². The Morgan fingerprint density at radius 3 is 0.509 bits per heavy atom. The quantitative estimate of drug-likeness (QED) is 0.0175. The molecule has 0 saturated heterocycles. The third-order valence-corrected chi connectivity index (χ3v) is 18.3. The van der Waals surface area contributed by atoms with E-state index in [2.05, 4.69) is 92.7 Å². The minimum absolute atomic E-state index is 0.0589. The molecule has 0 spiro atoms. The summed E-state index contributed by atoms with van der Waals surface area (Å²) in [6, 6.07) is 26.6. The standard InChI is InChI=1S/C78H84N18O18/c1-4-52-55(37-79-70-88-73(82-58(64(103)104)31-40-7-19-46(97)20-8-40)94-74(89-70)83-59(65(105)106)32-41-9-21-47(98)22-10-41)53(5-2)57(39-81-72-92-77(86-62(68(111)112)35-44-15-27-50(101)28-16-44)96-78(93-72)87-63(69(113)114)36-45-17-29-51(102)30-18-45)54(6-3)56(52)38-80-71-90-75(84-60(66(107)108)33-42-11-23-48(99)24-12-42)95-76(91-71)85-61(67(109)110)34-43-13-25-49(100)26-14-43/h7-30,58-63,97-102H,4-6,31-39H2,1-3H3,(H,103,104)(H,105,106)(H,107,108)(H,109,110)(H,111,112)(H,113,114)(H3,79,82,83,88,89,94)(H3,80,84,85,90,91,95)(H3,81,86,87,92,93,96)/t58-,59-,60-,61-,62-,63-/m0/s1. The van der Waals surface area contributed by atoms with E-state index in [1.54, 1.807) is 0 Å². The van der Waals surface area contributed by atoms with Gasteiger partial charge in [0.2, 0.25) is 53.5 Å². The Labute approximate surface area is 650 Å². The van der Waals surface area contributed by atoms with E-state index in [-0.39, 0.29) is 146 Å². The lowest BCUT2D eigenvalue weighted by atomic mass is 9.83. The number of anilines is 9. The van der Waals surface area contributed by atoms with Crippen LogP contribution in [0.15, 0.2) is 146 Å². The number of hydrogen-bond acceptors (Lipinski definition) is 30. The minimum Gasteiger partial charge on any atom is -0.508 e. The van der Waals surface area contributed by atoms with E-state index >= 15 is 0 Å². The molecule has 36 heteroatoms. The Kier molecular flexibility index (Phi) is 27.4. The third kappa shape index (κ3) is 23.0. The summed E-state index contributed by atoms with van der Waals surface area (Å²) in [6.07, 6.45) is -0.0129. The molecule has 0 aliphatic carbocycles. The van der Waals surface area contributed by atoms with Crippen LogP contribution in [0.25, 0.3) is 0 Å². The number of phenolic OH excluding ortho intramolecular Hbond substituents is 6. The molecule has 0 fully saturated rings. The van der Waals surface area contributed by atoms with Gasteiger partial charge in [0.1, 0.15) is 70.7 Å². The molecule has 21 N–H and O–H groups in total. The molecule has 114 heavy (non-hydrogen) atoms. The summed E-state index contributed by atoms with van der Waals surface area (Å²) in [7, 11) is 0. The monoisotopic (exact) mass is 1560 g/mol. The number of nitrogens with zero attached hydrogens (tertiary/aromatic N) is 9. The molecule has 10 rings (SSSR count). The van der Waals surface area contributed by atoms with Crippen LogP contribution in [0.3, 0.4) is 0 Å². The Bertz CT molecular complexity index is 4260. The number of aliphatic carboxylic acids is 6. The number of aromatic hydroxyl groups is 6. The number of phenols is 6. The van der Waals surface area contributed by atoms with Crippen molar-refractivity contribution in [3.05, 3.63) is 212 Å². The molecule has 7 aromatic carbocycles. The van der Waals surface area contributed by atoms with E-state index in [9.17, 15) is 90.0 Å². The summed E-state index contributed by atoms with van der Waals surface area (Å²) in [5.41, 5.74) is 7.02. The van der Waals surface area contributed by atoms with Gasteiger partial charge in [-0.1, -0.05) is 93.6 Å². The van der Waals surface area contributed by atoms with Crippen molar-refractivity contribution < 1.29 is 90.0 Å². The fourth-order valence-electron chi connectivity index (χ4n) is 12.6. The highest BCUT2D eigenvalue weighted by Gasteiger charge is 2.30. The van der Waals surface area contributed by atoms with Crippen LogP contribution < -0.4 is 47.9 Å². The molecular weight excluding hydrogens is 1480 g/mol. The first-order valence-electron chi connectivity index (χ1n) is 35.9. The maximum Gasteiger partial charge on any atom is 0.326 e. The van der Waals surface area contributed by atoms with Gasteiger partial charge in [0, 0.05) is 58.2 Å². The molecule has 3 aromatic heterocycles. The first kappa shape index (κ1) is 81.9. The fourth-order valence-corrected chi connectivity index (χ4v) is 12.6. The van der Waals surface area contributed by atoms with Gasteiger partial charge in [-0.3, -0.25) is 0 Å². The van der Waals surface area contributed by atoms with Gasteiger partial charge in [-0.05, 0) is 159 Å². The van der Waals surface area contributed by atoms with E-state index in [1.165, 1.54) is 146 Å². The minimum atomic E-state index is -1.41. The molecule has 10 aromatic rings.